The van der Waals surface area contributed by atoms with Gasteiger partial charge >= 0.3 is 0 Å². The number of hydrogen-bond donors (Lipinski definition) is 1. The molecule has 0 bridgehead atoms. The van der Waals surface area contributed by atoms with Crippen LogP contribution in [0.2, 0.25) is 0 Å². The Morgan fingerprint density at radius 2 is 2.00 bits per heavy atom. The summed E-state index contributed by atoms with van der Waals surface area (Å²) in [5.41, 5.74) is 1.83. The number of imidazole rings is 1. The lowest BCUT2D eigenvalue weighted by molar-refractivity contribution is -0.132. The molecule has 1 aromatic carbocycles. The number of ether oxygens (including phenoxy) is 1. The molecule has 2 heterocycles. The van der Waals surface area contributed by atoms with Crippen molar-refractivity contribution in [3.8, 4) is 0 Å². The Hall–Kier alpha value is -2.41. The van der Waals surface area contributed by atoms with Crippen LogP contribution in [0.3, 0.4) is 0 Å². The lowest BCUT2D eigenvalue weighted by Crippen LogP contribution is -2.36. The maximum absolute atomic E-state index is 12.9. The molecular weight excluding hydrogens is 368 g/mol. The molecule has 0 spiro atoms. The fourth-order valence-electron chi connectivity index (χ4n) is 3.82. The number of carbonyl (C=O) groups is 2. The predicted octanol–water partition coefficient (Wildman–Crippen LogP) is 2.52. The first-order chi connectivity index (χ1) is 14.1. The summed E-state index contributed by atoms with van der Waals surface area (Å²) in [6.45, 7) is 7.12. The topological polar surface area (TPSA) is 76.5 Å². The minimum atomic E-state index is -0.327. The van der Waals surface area contributed by atoms with Gasteiger partial charge in [-0.15, -0.1) is 0 Å². The van der Waals surface area contributed by atoms with E-state index in [1.807, 2.05) is 33.7 Å². The maximum atomic E-state index is 12.9. The number of nitrogens with zero attached hydrogens (tertiary/aromatic N) is 3. The van der Waals surface area contributed by atoms with Crippen LogP contribution in [-0.2, 0) is 27.3 Å². The van der Waals surface area contributed by atoms with Crippen molar-refractivity contribution in [3.63, 3.8) is 0 Å². The zero-order valence-electron chi connectivity index (χ0n) is 17.5. The van der Waals surface area contributed by atoms with Gasteiger partial charge < -0.3 is 19.5 Å². The van der Waals surface area contributed by atoms with Crippen LogP contribution >= 0.6 is 0 Å². The van der Waals surface area contributed by atoms with Crippen LogP contribution in [0.5, 0.6) is 0 Å². The molecule has 1 atom stereocenters. The highest BCUT2D eigenvalue weighted by atomic mass is 16.5. The molecule has 2 aromatic rings. The first kappa shape index (κ1) is 21.3. The van der Waals surface area contributed by atoms with Gasteiger partial charge in [0.15, 0.2) is 0 Å². The number of hydrogen-bond acceptors (Lipinski definition) is 4. The number of rotatable bonds is 10. The van der Waals surface area contributed by atoms with Gasteiger partial charge in [0.25, 0.3) is 0 Å². The molecule has 1 aliphatic rings. The third kappa shape index (κ3) is 5.35. The molecule has 1 saturated heterocycles. The van der Waals surface area contributed by atoms with Gasteiger partial charge in [0.05, 0.1) is 11.0 Å². The molecule has 29 heavy (non-hydrogen) atoms. The molecular formula is C22H32N4O3. The lowest BCUT2D eigenvalue weighted by Gasteiger charge is -2.22. The SMILES string of the molecule is CCCN(CCC)C(=O)Cn1c(CCNC(=O)C2CCCO2)nc2ccccc21. The highest BCUT2D eigenvalue weighted by Crippen LogP contribution is 2.17. The van der Waals surface area contributed by atoms with Crippen LogP contribution in [0, 0.1) is 0 Å². The number of fused-ring (bicyclic) bond motifs is 1. The molecule has 1 aromatic heterocycles. The standard InChI is InChI=1S/C22H32N4O3/c1-3-13-25(14-4-2)21(27)16-26-18-9-6-5-8-17(18)24-20(26)11-12-23-22(28)19-10-7-15-29-19/h5-6,8-9,19H,3-4,7,10-16H2,1-2H3,(H,23,28). The van der Waals surface area contributed by atoms with Crippen molar-refractivity contribution in [1.29, 1.82) is 0 Å². The number of carbonyl (C=O) groups excluding carboxylic acids is 2. The van der Waals surface area contributed by atoms with E-state index in [9.17, 15) is 9.59 Å². The highest BCUT2D eigenvalue weighted by molar-refractivity contribution is 5.82. The van der Waals surface area contributed by atoms with Gasteiger partial charge in [-0.3, -0.25) is 9.59 Å². The number of amides is 2. The molecule has 0 radical (unpaired) electrons. The van der Waals surface area contributed by atoms with Gasteiger partial charge in [0, 0.05) is 32.7 Å². The Labute approximate surface area is 172 Å². The number of aromatic nitrogens is 2. The Morgan fingerprint density at radius 1 is 1.24 bits per heavy atom. The maximum Gasteiger partial charge on any atom is 0.249 e. The molecule has 2 amide bonds. The Balaban J connectivity index is 1.71. The molecule has 1 N–H and O–H groups in total. The summed E-state index contributed by atoms with van der Waals surface area (Å²) in [6.07, 6.45) is 3.84. The van der Waals surface area contributed by atoms with Gasteiger partial charge in [0.2, 0.25) is 11.8 Å². The summed E-state index contributed by atoms with van der Waals surface area (Å²) < 4.78 is 7.43. The van der Waals surface area contributed by atoms with Gasteiger partial charge in [0.1, 0.15) is 18.5 Å². The summed E-state index contributed by atoms with van der Waals surface area (Å²) in [5.74, 6) is 0.875. The molecule has 0 aliphatic carbocycles. The normalized spacial score (nSPS) is 16.3. The predicted molar refractivity (Wildman–Crippen MR) is 113 cm³/mol. The number of benzene rings is 1. The van der Waals surface area contributed by atoms with E-state index in [2.05, 4.69) is 19.2 Å². The first-order valence-corrected chi connectivity index (χ1v) is 10.7. The highest BCUT2D eigenvalue weighted by Gasteiger charge is 2.23. The van der Waals surface area contributed by atoms with Crippen molar-refractivity contribution in [3.05, 3.63) is 30.1 Å². The molecule has 158 valence electrons. The van der Waals surface area contributed by atoms with Crippen LogP contribution in [0.4, 0.5) is 0 Å². The second kappa shape index (κ2) is 10.4. The summed E-state index contributed by atoms with van der Waals surface area (Å²) in [4.78, 5) is 31.8. The van der Waals surface area contributed by atoms with E-state index in [0.717, 1.165) is 55.6 Å². The van der Waals surface area contributed by atoms with Crippen molar-refractivity contribution < 1.29 is 14.3 Å². The van der Waals surface area contributed by atoms with Crippen molar-refractivity contribution in [1.82, 2.24) is 19.8 Å². The summed E-state index contributed by atoms with van der Waals surface area (Å²) in [5, 5.41) is 2.95. The number of para-hydroxylation sites is 2. The summed E-state index contributed by atoms with van der Waals surface area (Å²) in [7, 11) is 0. The van der Waals surface area contributed by atoms with Crippen molar-refractivity contribution in [2.75, 3.05) is 26.2 Å². The van der Waals surface area contributed by atoms with Crippen LogP contribution < -0.4 is 5.32 Å². The molecule has 7 nitrogen and oxygen atoms in total. The van der Waals surface area contributed by atoms with E-state index in [4.69, 9.17) is 9.72 Å². The fourth-order valence-corrected chi connectivity index (χ4v) is 3.82. The Morgan fingerprint density at radius 3 is 2.69 bits per heavy atom. The fraction of sp³-hybridized carbons (Fsp3) is 0.591. The molecule has 1 fully saturated rings. The quantitative estimate of drug-likeness (QED) is 0.665. The molecule has 3 rings (SSSR count). The van der Waals surface area contributed by atoms with Crippen LogP contribution in [0.15, 0.2) is 24.3 Å². The molecule has 1 aliphatic heterocycles. The summed E-state index contributed by atoms with van der Waals surface area (Å²) >= 11 is 0. The zero-order valence-corrected chi connectivity index (χ0v) is 17.5. The van der Waals surface area contributed by atoms with E-state index in [1.54, 1.807) is 0 Å². The van der Waals surface area contributed by atoms with Gasteiger partial charge in [-0.2, -0.15) is 0 Å². The van der Waals surface area contributed by atoms with Crippen LogP contribution in [0.1, 0.15) is 45.4 Å². The Bertz CT molecular complexity index is 821. The Kier molecular flexibility index (Phi) is 7.63. The molecule has 0 saturated carbocycles. The zero-order chi connectivity index (χ0) is 20.6. The van der Waals surface area contributed by atoms with Gasteiger partial charge in [-0.05, 0) is 37.8 Å². The third-order valence-corrected chi connectivity index (χ3v) is 5.24. The largest absolute Gasteiger partial charge is 0.368 e. The van der Waals surface area contributed by atoms with Crippen LogP contribution in [0.25, 0.3) is 11.0 Å². The van der Waals surface area contributed by atoms with E-state index < -0.39 is 0 Å². The van der Waals surface area contributed by atoms with Gasteiger partial charge in [-0.25, -0.2) is 4.98 Å². The first-order valence-electron chi connectivity index (χ1n) is 10.7. The second-order valence-electron chi connectivity index (χ2n) is 7.53. The lowest BCUT2D eigenvalue weighted by atomic mass is 10.2. The van der Waals surface area contributed by atoms with E-state index in [0.29, 0.717) is 19.6 Å². The second-order valence-corrected chi connectivity index (χ2v) is 7.53. The van der Waals surface area contributed by atoms with Crippen LogP contribution in [-0.4, -0.2) is 58.6 Å². The monoisotopic (exact) mass is 400 g/mol. The average molecular weight is 401 g/mol. The van der Waals surface area contributed by atoms with E-state index in [-0.39, 0.29) is 24.5 Å². The van der Waals surface area contributed by atoms with E-state index >= 15 is 0 Å². The van der Waals surface area contributed by atoms with Crippen molar-refractivity contribution >= 4 is 22.8 Å². The average Bonchev–Trinajstić information content (AvgIpc) is 3.37. The van der Waals surface area contributed by atoms with E-state index in [1.165, 1.54) is 0 Å². The molecule has 1 unspecified atom stereocenters. The van der Waals surface area contributed by atoms with Crippen molar-refractivity contribution in [2.45, 2.75) is 58.6 Å². The minimum Gasteiger partial charge on any atom is -0.368 e. The minimum absolute atomic E-state index is 0.0571. The third-order valence-electron chi connectivity index (χ3n) is 5.24. The van der Waals surface area contributed by atoms with Crippen molar-refractivity contribution in [2.24, 2.45) is 0 Å². The summed E-state index contributed by atoms with van der Waals surface area (Å²) in [6, 6.07) is 7.86. The van der Waals surface area contributed by atoms with Gasteiger partial charge in [-0.1, -0.05) is 26.0 Å². The molecule has 7 heteroatoms. The smallest absolute Gasteiger partial charge is 0.249 e. The number of nitrogens with one attached hydrogen (secondary N) is 1.